The Bertz CT molecular complexity index is 171. The summed E-state index contributed by atoms with van der Waals surface area (Å²) in [6.07, 6.45) is 2.83. The molecule has 1 saturated heterocycles. The van der Waals surface area contributed by atoms with Gasteiger partial charge in [-0.15, -0.1) is 0 Å². The molecule has 1 heterocycles. The average Bonchev–Trinajstić information content (AvgIpc) is 2.75. The van der Waals surface area contributed by atoms with Crippen molar-refractivity contribution >= 4 is 0 Å². The zero-order valence-corrected chi connectivity index (χ0v) is 8.74. The van der Waals surface area contributed by atoms with Crippen molar-refractivity contribution in [3.05, 3.63) is 0 Å². The van der Waals surface area contributed by atoms with E-state index < -0.39 is 0 Å². The second kappa shape index (κ2) is 3.56. The van der Waals surface area contributed by atoms with E-state index >= 15 is 0 Å². The SMILES string of the molecule is CC(N)CN1CC(N(C)C2CC2)C1. The van der Waals surface area contributed by atoms with Crippen molar-refractivity contribution < 1.29 is 0 Å². The molecule has 2 fully saturated rings. The lowest BCUT2D eigenvalue weighted by Gasteiger charge is -2.45. The summed E-state index contributed by atoms with van der Waals surface area (Å²) in [6.45, 7) is 5.61. The minimum atomic E-state index is 0.326. The molecule has 1 atom stereocenters. The van der Waals surface area contributed by atoms with Crippen LogP contribution in [0.4, 0.5) is 0 Å². The molecule has 0 aromatic heterocycles. The summed E-state index contributed by atoms with van der Waals surface area (Å²) in [7, 11) is 2.27. The van der Waals surface area contributed by atoms with E-state index in [9.17, 15) is 0 Å². The van der Waals surface area contributed by atoms with Crippen LogP contribution in [0.3, 0.4) is 0 Å². The number of hydrogen-bond donors (Lipinski definition) is 1. The van der Waals surface area contributed by atoms with E-state index in [2.05, 4.69) is 23.8 Å². The summed E-state index contributed by atoms with van der Waals surface area (Å²) in [5.41, 5.74) is 5.74. The zero-order valence-electron chi connectivity index (χ0n) is 8.74. The Balaban J connectivity index is 1.65. The van der Waals surface area contributed by atoms with Gasteiger partial charge in [-0.2, -0.15) is 0 Å². The van der Waals surface area contributed by atoms with Gasteiger partial charge in [-0.25, -0.2) is 0 Å². The van der Waals surface area contributed by atoms with Gasteiger partial charge in [0.25, 0.3) is 0 Å². The first-order valence-electron chi connectivity index (χ1n) is 5.36. The molecule has 2 rings (SSSR count). The number of likely N-dealkylation sites (tertiary alicyclic amines) is 1. The van der Waals surface area contributed by atoms with E-state index in [1.807, 2.05) is 0 Å². The molecule has 0 aromatic rings. The Hall–Kier alpha value is -0.120. The van der Waals surface area contributed by atoms with Crippen molar-refractivity contribution in [3.8, 4) is 0 Å². The maximum Gasteiger partial charge on any atom is 0.0350 e. The molecule has 0 bridgehead atoms. The van der Waals surface area contributed by atoms with Crippen molar-refractivity contribution in [3.63, 3.8) is 0 Å². The number of nitrogens with zero attached hydrogens (tertiary/aromatic N) is 2. The molecule has 0 spiro atoms. The third kappa shape index (κ3) is 2.22. The summed E-state index contributed by atoms with van der Waals surface area (Å²) >= 11 is 0. The first-order chi connectivity index (χ1) is 6.16. The molecule has 1 aliphatic carbocycles. The summed E-state index contributed by atoms with van der Waals surface area (Å²) < 4.78 is 0. The Kier molecular flexibility index (Phi) is 2.58. The van der Waals surface area contributed by atoms with Gasteiger partial charge in [-0.3, -0.25) is 9.80 Å². The van der Waals surface area contributed by atoms with Crippen molar-refractivity contribution in [2.45, 2.75) is 37.9 Å². The third-order valence-electron chi connectivity index (χ3n) is 3.18. The summed E-state index contributed by atoms with van der Waals surface area (Å²) in [6, 6.07) is 2.04. The number of rotatable bonds is 4. The molecule has 3 heteroatoms. The highest BCUT2D eigenvalue weighted by atomic mass is 15.3. The van der Waals surface area contributed by atoms with Crippen LogP contribution in [0.15, 0.2) is 0 Å². The van der Waals surface area contributed by atoms with Gasteiger partial charge in [0, 0.05) is 37.8 Å². The van der Waals surface area contributed by atoms with Gasteiger partial charge >= 0.3 is 0 Å². The second-order valence-electron chi connectivity index (χ2n) is 4.75. The van der Waals surface area contributed by atoms with Crippen LogP contribution in [-0.2, 0) is 0 Å². The lowest BCUT2D eigenvalue weighted by molar-refractivity contribution is 0.0420. The molecule has 0 amide bonds. The maximum atomic E-state index is 5.74. The lowest BCUT2D eigenvalue weighted by atomic mass is 10.1. The fourth-order valence-corrected chi connectivity index (χ4v) is 2.14. The lowest BCUT2D eigenvalue weighted by Crippen LogP contribution is -2.60. The highest BCUT2D eigenvalue weighted by Gasteiger charge is 2.37. The molecule has 0 radical (unpaired) electrons. The fraction of sp³-hybridized carbons (Fsp3) is 1.00. The van der Waals surface area contributed by atoms with Crippen LogP contribution >= 0.6 is 0 Å². The van der Waals surface area contributed by atoms with Crippen molar-refractivity contribution in [1.29, 1.82) is 0 Å². The topological polar surface area (TPSA) is 32.5 Å². The Morgan fingerprint density at radius 3 is 2.46 bits per heavy atom. The monoisotopic (exact) mass is 183 g/mol. The van der Waals surface area contributed by atoms with E-state index in [4.69, 9.17) is 5.73 Å². The highest BCUT2D eigenvalue weighted by Crippen LogP contribution is 2.29. The molecular formula is C10H21N3. The van der Waals surface area contributed by atoms with Crippen LogP contribution in [0.2, 0.25) is 0 Å². The Morgan fingerprint density at radius 2 is 2.00 bits per heavy atom. The number of likely N-dealkylation sites (N-methyl/N-ethyl adjacent to an activating group) is 1. The number of hydrogen-bond acceptors (Lipinski definition) is 3. The van der Waals surface area contributed by atoms with Gasteiger partial charge in [0.1, 0.15) is 0 Å². The molecule has 76 valence electrons. The largest absolute Gasteiger partial charge is 0.327 e. The molecule has 3 nitrogen and oxygen atoms in total. The molecule has 1 unspecified atom stereocenters. The van der Waals surface area contributed by atoms with Gasteiger partial charge in [-0.05, 0) is 26.8 Å². The van der Waals surface area contributed by atoms with Crippen LogP contribution in [0.5, 0.6) is 0 Å². The predicted octanol–water partition coefficient (Wildman–Crippen LogP) is 0.112. The van der Waals surface area contributed by atoms with Gasteiger partial charge in [0.2, 0.25) is 0 Å². The molecule has 2 aliphatic rings. The standard InChI is InChI=1S/C10H21N3/c1-8(11)5-13-6-10(7-13)12(2)9-3-4-9/h8-10H,3-7,11H2,1-2H3. The third-order valence-corrected chi connectivity index (χ3v) is 3.18. The van der Waals surface area contributed by atoms with Crippen molar-refractivity contribution in [1.82, 2.24) is 9.80 Å². The van der Waals surface area contributed by atoms with Crippen LogP contribution in [-0.4, -0.2) is 54.6 Å². The quantitative estimate of drug-likeness (QED) is 0.671. The van der Waals surface area contributed by atoms with E-state index in [1.165, 1.54) is 25.9 Å². The molecular weight excluding hydrogens is 162 g/mol. The van der Waals surface area contributed by atoms with Crippen molar-refractivity contribution in [2.24, 2.45) is 5.73 Å². The Morgan fingerprint density at radius 1 is 1.38 bits per heavy atom. The van der Waals surface area contributed by atoms with E-state index in [0.717, 1.165) is 18.6 Å². The predicted molar refractivity (Wildman–Crippen MR) is 54.7 cm³/mol. The number of nitrogens with two attached hydrogens (primary N) is 1. The minimum Gasteiger partial charge on any atom is -0.327 e. The highest BCUT2D eigenvalue weighted by molar-refractivity contribution is 4.94. The summed E-state index contributed by atoms with van der Waals surface area (Å²) in [4.78, 5) is 5.01. The van der Waals surface area contributed by atoms with Crippen LogP contribution in [0.25, 0.3) is 0 Å². The second-order valence-corrected chi connectivity index (χ2v) is 4.75. The average molecular weight is 183 g/mol. The fourth-order valence-electron chi connectivity index (χ4n) is 2.14. The molecule has 1 saturated carbocycles. The van der Waals surface area contributed by atoms with E-state index in [-0.39, 0.29) is 0 Å². The first kappa shape index (κ1) is 9.44. The zero-order chi connectivity index (χ0) is 9.42. The smallest absolute Gasteiger partial charge is 0.0350 e. The van der Waals surface area contributed by atoms with Gasteiger partial charge < -0.3 is 5.73 Å². The summed E-state index contributed by atoms with van der Waals surface area (Å²) in [5, 5.41) is 0. The normalized spacial score (nSPS) is 27.7. The van der Waals surface area contributed by atoms with Gasteiger partial charge in [0.15, 0.2) is 0 Å². The van der Waals surface area contributed by atoms with Crippen LogP contribution < -0.4 is 5.73 Å². The van der Waals surface area contributed by atoms with Crippen molar-refractivity contribution in [2.75, 3.05) is 26.7 Å². The molecule has 1 aliphatic heterocycles. The first-order valence-corrected chi connectivity index (χ1v) is 5.36. The summed E-state index contributed by atoms with van der Waals surface area (Å²) in [5.74, 6) is 0. The van der Waals surface area contributed by atoms with Crippen LogP contribution in [0, 0.1) is 0 Å². The minimum absolute atomic E-state index is 0.326. The molecule has 2 N–H and O–H groups in total. The van der Waals surface area contributed by atoms with E-state index in [0.29, 0.717) is 6.04 Å². The Labute approximate surface area is 80.9 Å². The van der Waals surface area contributed by atoms with Gasteiger partial charge in [0.05, 0.1) is 0 Å². The maximum absolute atomic E-state index is 5.74. The molecule has 13 heavy (non-hydrogen) atoms. The van der Waals surface area contributed by atoms with E-state index in [1.54, 1.807) is 0 Å². The van der Waals surface area contributed by atoms with Crippen LogP contribution in [0.1, 0.15) is 19.8 Å². The van der Waals surface area contributed by atoms with Gasteiger partial charge in [-0.1, -0.05) is 0 Å². The molecule has 0 aromatic carbocycles.